The van der Waals surface area contributed by atoms with Crippen LogP contribution in [0.1, 0.15) is 11.3 Å². The average Bonchev–Trinajstić information content (AvgIpc) is 3.19. The molecule has 4 nitrogen and oxygen atoms in total. The Kier molecular flexibility index (Phi) is 5.63. The monoisotopic (exact) mass is 315 g/mol. The summed E-state index contributed by atoms with van der Waals surface area (Å²) >= 11 is 1.58. The van der Waals surface area contributed by atoms with Crippen molar-refractivity contribution in [1.82, 2.24) is 4.98 Å². The van der Waals surface area contributed by atoms with E-state index < -0.39 is 0 Å². The quantitative estimate of drug-likeness (QED) is 0.745. The van der Waals surface area contributed by atoms with E-state index in [1.165, 1.54) is 0 Å². The minimum atomic E-state index is 0.266. The minimum Gasteiger partial charge on any atom is -0.435 e. The molecule has 1 aromatic carbocycles. The smallest absolute Gasteiger partial charge is 0.227 e. The van der Waals surface area contributed by atoms with Crippen molar-refractivity contribution in [3.05, 3.63) is 53.0 Å². The van der Waals surface area contributed by atoms with E-state index in [-0.39, 0.29) is 6.42 Å². The number of carbonyl (C=O) groups is 1. The van der Waals surface area contributed by atoms with Crippen LogP contribution in [0.15, 0.2) is 46.2 Å². The predicted octanol–water partition coefficient (Wildman–Crippen LogP) is 3.73. The maximum absolute atomic E-state index is 10.8. The number of aliphatic hydroxyl groups is 1. The van der Waals surface area contributed by atoms with E-state index in [0.29, 0.717) is 17.3 Å². The third kappa shape index (κ3) is 3.32. The predicted molar refractivity (Wildman–Crippen MR) is 87.9 cm³/mol. The van der Waals surface area contributed by atoms with Gasteiger partial charge < -0.3 is 14.3 Å². The molecule has 0 aliphatic heterocycles. The Bertz CT molecular complexity index is 732. The van der Waals surface area contributed by atoms with E-state index in [1.807, 2.05) is 48.7 Å². The first-order chi connectivity index (χ1) is 10.8. The lowest BCUT2D eigenvalue weighted by Crippen LogP contribution is -1.89. The van der Waals surface area contributed by atoms with Crippen molar-refractivity contribution in [3.8, 4) is 22.1 Å². The van der Waals surface area contributed by atoms with E-state index in [4.69, 9.17) is 9.52 Å². The summed E-state index contributed by atoms with van der Waals surface area (Å²) in [7, 11) is 1.00. The Hall–Kier alpha value is -2.24. The fourth-order valence-electron chi connectivity index (χ4n) is 2.10. The van der Waals surface area contributed by atoms with Crippen molar-refractivity contribution < 1.29 is 14.3 Å². The first kappa shape index (κ1) is 16.1. The Morgan fingerprint density at radius 3 is 2.64 bits per heavy atom. The van der Waals surface area contributed by atoms with Gasteiger partial charge in [0.1, 0.15) is 6.29 Å². The summed E-state index contributed by atoms with van der Waals surface area (Å²) in [6, 6.07) is 11.9. The van der Waals surface area contributed by atoms with Gasteiger partial charge in [0.05, 0.1) is 10.6 Å². The van der Waals surface area contributed by atoms with Gasteiger partial charge in [-0.25, -0.2) is 4.98 Å². The number of aldehydes is 1. The molecule has 0 radical (unpaired) electrons. The highest BCUT2D eigenvalue weighted by Crippen LogP contribution is 2.33. The van der Waals surface area contributed by atoms with Gasteiger partial charge >= 0.3 is 0 Å². The zero-order valence-corrected chi connectivity index (χ0v) is 13.3. The van der Waals surface area contributed by atoms with E-state index in [9.17, 15) is 4.79 Å². The first-order valence-electron chi connectivity index (χ1n) is 6.77. The number of thiophene rings is 1. The van der Waals surface area contributed by atoms with Crippen LogP contribution in [0.25, 0.3) is 22.1 Å². The molecule has 0 spiro atoms. The third-order valence-corrected chi connectivity index (χ3v) is 3.96. The van der Waals surface area contributed by atoms with Crippen molar-refractivity contribution in [2.24, 2.45) is 0 Å². The number of carbonyl (C=O) groups excluding carboxylic acids is 1. The van der Waals surface area contributed by atoms with Gasteiger partial charge in [0.2, 0.25) is 5.89 Å². The highest BCUT2D eigenvalue weighted by Gasteiger charge is 2.17. The van der Waals surface area contributed by atoms with E-state index in [0.717, 1.165) is 29.4 Å². The SMILES string of the molecule is CO.Cc1ccccc1-c1nc(CC=O)c(-c2cccs2)o1. The van der Waals surface area contributed by atoms with Gasteiger partial charge in [-0.2, -0.15) is 0 Å². The van der Waals surface area contributed by atoms with Crippen molar-refractivity contribution in [1.29, 1.82) is 0 Å². The zero-order valence-electron chi connectivity index (χ0n) is 12.4. The largest absolute Gasteiger partial charge is 0.435 e. The van der Waals surface area contributed by atoms with Crippen molar-refractivity contribution in [2.75, 3.05) is 7.11 Å². The lowest BCUT2D eigenvalue weighted by atomic mass is 10.1. The van der Waals surface area contributed by atoms with Crippen LogP contribution in [0.3, 0.4) is 0 Å². The minimum absolute atomic E-state index is 0.266. The lowest BCUT2D eigenvalue weighted by Gasteiger charge is -1.99. The standard InChI is InChI=1S/C16H13NO2S.CH4O/c1-11-5-2-3-6-12(11)16-17-13(8-9-18)15(19-16)14-7-4-10-20-14;1-2/h2-7,9-10H,8H2,1H3;2H,1H3. The number of hydrogen-bond acceptors (Lipinski definition) is 5. The fraction of sp³-hybridized carbons (Fsp3) is 0.176. The van der Waals surface area contributed by atoms with Gasteiger partial charge in [-0.15, -0.1) is 11.3 Å². The molecule has 2 heterocycles. The molecule has 0 fully saturated rings. The highest BCUT2D eigenvalue weighted by molar-refractivity contribution is 7.13. The second-order valence-electron chi connectivity index (χ2n) is 4.46. The van der Waals surface area contributed by atoms with Crippen LogP contribution in [0.2, 0.25) is 0 Å². The van der Waals surface area contributed by atoms with E-state index in [1.54, 1.807) is 11.3 Å². The molecule has 5 heteroatoms. The topological polar surface area (TPSA) is 63.3 Å². The second kappa shape index (κ2) is 7.68. The maximum Gasteiger partial charge on any atom is 0.227 e. The highest BCUT2D eigenvalue weighted by atomic mass is 32.1. The third-order valence-electron chi connectivity index (χ3n) is 3.09. The van der Waals surface area contributed by atoms with Gasteiger partial charge in [0, 0.05) is 19.1 Å². The summed E-state index contributed by atoms with van der Waals surface area (Å²) in [6.07, 6.45) is 1.12. The molecule has 22 heavy (non-hydrogen) atoms. The average molecular weight is 315 g/mol. The van der Waals surface area contributed by atoms with Gasteiger partial charge in [-0.3, -0.25) is 0 Å². The van der Waals surface area contributed by atoms with Gasteiger partial charge in [0.15, 0.2) is 5.76 Å². The van der Waals surface area contributed by atoms with Gasteiger partial charge in [-0.1, -0.05) is 24.3 Å². The van der Waals surface area contributed by atoms with Crippen LogP contribution in [0, 0.1) is 6.92 Å². The van der Waals surface area contributed by atoms with Crippen molar-refractivity contribution in [2.45, 2.75) is 13.3 Å². The van der Waals surface area contributed by atoms with Crippen LogP contribution < -0.4 is 0 Å². The van der Waals surface area contributed by atoms with Gasteiger partial charge in [-0.05, 0) is 30.0 Å². The Morgan fingerprint density at radius 1 is 1.23 bits per heavy atom. The molecule has 2 aromatic heterocycles. The van der Waals surface area contributed by atoms with Crippen LogP contribution in [0.4, 0.5) is 0 Å². The van der Waals surface area contributed by atoms with E-state index in [2.05, 4.69) is 4.98 Å². The molecule has 0 aliphatic carbocycles. The Morgan fingerprint density at radius 2 is 2.00 bits per heavy atom. The fourth-order valence-corrected chi connectivity index (χ4v) is 2.82. The molecular weight excluding hydrogens is 298 g/mol. The number of nitrogens with zero attached hydrogens (tertiary/aromatic N) is 1. The molecule has 0 saturated heterocycles. The number of benzene rings is 1. The molecule has 0 unspecified atom stereocenters. The number of rotatable bonds is 4. The molecule has 0 atom stereocenters. The summed E-state index contributed by atoms with van der Waals surface area (Å²) in [6.45, 7) is 2.02. The second-order valence-corrected chi connectivity index (χ2v) is 5.41. The van der Waals surface area contributed by atoms with Gasteiger partial charge in [0.25, 0.3) is 0 Å². The van der Waals surface area contributed by atoms with E-state index >= 15 is 0 Å². The molecular formula is C17H17NO3S. The number of aliphatic hydroxyl groups excluding tert-OH is 1. The molecule has 0 aliphatic rings. The Labute approximate surface area is 133 Å². The number of aryl methyl sites for hydroxylation is 1. The maximum atomic E-state index is 10.8. The first-order valence-corrected chi connectivity index (χ1v) is 7.65. The summed E-state index contributed by atoms with van der Waals surface area (Å²) in [5.41, 5.74) is 2.76. The summed E-state index contributed by atoms with van der Waals surface area (Å²) in [4.78, 5) is 16.3. The summed E-state index contributed by atoms with van der Waals surface area (Å²) < 4.78 is 5.92. The number of oxazole rings is 1. The molecule has 3 aromatic rings. The van der Waals surface area contributed by atoms with Crippen LogP contribution >= 0.6 is 11.3 Å². The molecule has 0 bridgehead atoms. The molecule has 3 rings (SSSR count). The molecule has 0 amide bonds. The van der Waals surface area contributed by atoms with Crippen LogP contribution in [-0.4, -0.2) is 23.5 Å². The molecule has 0 saturated carbocycles. The number of hydrogen-bond donors (Lipinski definition) is 1. The van der Waals surface area contributed by atoms with Crippen molar-refractivity contribution in [3.63, 3.8) is 0 Å². The normalized spacial score (nSPS) is 9.95. The van der Waals surface area contributed by atoms with Crippen LogP contribution in [0.5, 0.6) is 0 Å². The lowest BCUT2D eigenvalue weighted by molar-refractivity contribution is -0.107. The summed E-state index contributed by atoms with van der Waals surface area (Å²) in [5, 5.41) is 8.98. The van der Waals surface area contributed by atoms with Crippen molar-refractivity contribution >= 4 is 17.6 Å². The molecule has 1 N–H and O–H groups in total. The van der Waals surface area contributed by atoms with Crippen LogP contribution in [-0.2, 0) is 11.2 Å². The molecule has 114 valence electrons. The zero-order chi connectivity index (χ0) is 15.9. The number of aromatic nitrogens is 1. The Balaban J connectivity index is 0.000000847. The summed E-state index contributed by atoms with van der Waals surface area (Å²) in [5.74, 6) is 1.27.